The van der Waals surface area contributed by atoms with Gasteiger partial charge in [-0.3, -0.25) is 0 Å². The number of alkyl halides is 3. The fourth-order valence-electron chi connectivity index (χ4n) is 1.51. The number of likely N-dealkylation sites (tertiary alicyclic amines) is 1. The molecule has 0 saturated carbocycles. The number of hydrogen-bond acceptors (Lipinski definition) is 3. The van der Waals surface area contributed by atoms with Gasteiger partial charge < -0.3 is 9.64 Å². The van der Waals surface area contributed by atoms with Crippen LogP contribution in [0.5, 0.6) is 0 Å². The van der Waals surface area contributed by atoms with Gasteiger partial charge in [-0.05, 0) is 39.0 Å². The van der Waals surface area contributed by atoms with E-state index in [2.05, 4.69) is 0 Å². The van der Waals surface area contributed by atoms with E-state index in [1.807, 2.05) is 0 Å². The lowest BCUT2D eigenvalue weighted by molar-refractivity contribution is -0.0334. The molecule has 0 spiro atoms. The van der Waals surface area contributed by atoms with Gasteiger partial charge in [0.15, 0.2) is 0 Å². The Labute approximate surface area is 103 Å². The first kappa shape index (κ1) is 14.5. The summed E-state index contributed by atoms with van der Waals surface area (Å²) in [6, 6.07) is 0. The molecule has 0 radical (unpaired) electrons. The first-order valence-electron chi connectivity index (χ1n) is 5.29. The zero-order valence-electron chi connectivity index (χ0n) is 10.0. The first-order valence-corrected chi connectivity index (χ1v) is 6.17. The lowest BCUT2D eigenvalue weighted by Gasteiger charge is -2.24. The summed E-state index contributed by atoms with van der Waals surface area (Å²) in [5.74, 6) is 0. The van der Waals surface area contributed by atoms with E-state index in [4.69, 9.17) is 4.74 Å². The molecule has 0 aromatic rings. The van der Waals surface area contributed by atoms with Crippen LogP contribution in [0, 0.1) is 0 Å². The van der Waals surface area contributed by atoms with E-state index in [0.29, 0.717) is 13.0 Å². The van der Waals surface area contributed by atoms with Crippen molar-refractivity contribution in [3.05, 3.63) is 0 Å². The number of amides is 1. The van der Waals surface area contributed by atoms with Crippen molar-refractivity contribution in [1.82, 2.24) is 4.90 Å². The lowest BCUT2D eigenvalue weighted by Crippen LogP contribution is -2.35. The van der Waals surface area contributed by atoms with E-state index in [1.165, 1.54) is 4.90 Å². The molecule has 1 heterocycles. The van der Waals surface area contributed by atoms with E-state index >= 15 is 0 Å². The summed E-state index contributed by atoms with van der Waals surface area (Å²) in [5.41, 5.74) is -4.86. The van der Waals surface area contributed by atoms with Gasteiger partial charge in [-0.2, -0.15) is 13.2 Å². The second-order valence-corrected chi connectivity index (χ2v) is 6.27. The van der Waals surface area contributed by atoms with E-state index in [9.17, 15) is 18.0 Å². The van der Waals surface area contributed by atoms with Crippen LogP contribution in [-0.2, 0) is 4.74 Å². The maximum absolute atomic E-state index is 12.1. The summed E-state index contributed by atoms with van der Waals surface area (Å²) >= 11 is -0.0460. The zero-order chi connectivity index (χ0) is 13.3. The van der Waals surface area contributed by atoms with Gasteiger partial charge in [0.1, 0.15) is 5.60 Å². The molecule has 1 unspecified atom stereocenters. The van der Waals surface area contributed by atoms with Gasteiger partial charge in [-0.15, -0.1) is 0 Å². The van der Waals surface area contributed by atoms with Gasteiger partial charge in [0, 0.05) is 18.3 Å². The number of rotatable bonds is 1. The molecule has 0 bridgehead atoms. The number of nitrogens with zero attached hydrogens (tertiary/aromatic N) is 1. The minimum absolute atomic E-state index is 0.0460. The first-order chi connectivity index (χ1) is 7.57. The Morgan fingerprint density at radius 2 is 1.94 bits per heavy atom. The van der Waals surface area contributed by atoms with E-state index < -0.39 is 22.5 Å². The highest BCUT2D eigenvalue weighted by Gasteiger charge is 2.38. The van der Waals surface area contributed by atoms with Crippen molar-refractivity contribution in [2.24, 2.45) is 0 Å². The normalized spacial score (nSPS) is 21.8. The summed E-state index contributed by atoms with van der Waals surface area (Å²) < 4.78 is 41.5. The fraction of sp³-hybridized carbons (Fsp3) is 0.900. The van der Waals surface area contributed by atoms with Crippen molar-refractivity contribution in [3.63, 3.8) is 0 Å². The summed E-state index contributed by atoms with van der Waals surface area (Å²) in [6.07, 6.45) is -0.188. The number of thioether (sulfide) groups is 1. The molecule has 17 heavy (non-hydrogen) atoms. The highest BCUT2D eigenvalue weighted by molar-refractivity contribution is 8.00. The van der Waals surface area contributed by atoms with Crippen LogP contribution in [0.3, 0.4) is 0 Å². The molecular formula is C10H16F3NO2S. The third-order valence-electron chi connectivity index (χ3n) is 2.10. The van der Waals surface area contributed by atoms with Gasteiger partial charge in [0.05, 0.1) is 0 Å². The molecule has 1 amide bonds. The Hall–Kier alpha value is -0.590. The molecule has 1 atom stereocenters. The van der Waals surface area contributed by atoms with Crippen molar-refractivity contribution >= 4 is 17.9 Å². The predicted molar refractivity (Wildman–Crippen MR) is 59.9 cm³/mol. The van der Waals surface area contributed by atoms with E-state index in [0.717, 1.165) is 0 Å². The van der Waals surface area contributed by atoms with Crippen LogP contribution in [0.4, 0.5) is 18.0 Å². The van der Waals surface area contributed by atoms with Crippen LogP contribution in [0.25, 0.3) is 0 Å². The molecule has 0 aromatic heterocycles. The second-order valence-electron chi connectivity index (χ2n) is 4.90. The third kappa shape index (κ3) is 5.52. The molecule has 7 heteroatoms. The van der Waals surface area contributed by atoms with Crippen LogP contribution in [-0.4, -0.2) is 40.4 Å². The average molecular weight is 271 g/mol. The molecular weight excluding hydrogens is 255 g/mol. The smallest absolute Gasteiger partial charge is 0.442 e. The SMILES string of the molecule is CC(C)(C)OC(=O)N1CCC(SC(F)(F)F)C1. The summed E-state index contributed by atoms with van der Waals surface area (Å²) in [5, 5.41) is -0.581. The van der Waals surface area contributed by atoms with E-state index in [1.54, 1.807) is 20.8 Å². The van der Waals surface area contributed by atoms with Crippen molar-refractivity contribution in [1.29, 1.82) is 0 Å². The standard InChI is InChI=1S/C10H16F3NO2S/c1-9(2,3)16-8(15)14-5-4-7(6-14)17-10(11,12)13/h7H,4-6H2,1-3H3. The molecule has 100 valence electrons. The molecule has 1 rings (SSSR count). The highest BCUT2D eigenvalue weighted by Crippen LogP contribution is 2.37. The largest absolute Gasteiger partial charge is 0.444 e. The van der Waals surface area contributed by atoms with Crippen molar-refractivity contribution in [2.75, 3.05) is 13.1 Å². The monoisotopic (exact) mass is 271 g/mol. The van der Waals surface area contributed by atoms with Crippen LogP contribution in [0.2, 0.25) is 0 Å². The molecule has 0 aliphatic carbocycles. The predicted octanol–water partition coefficient (Wildman–Crippen LogP) is 3.25. The molecule has 3 nitrogen and oxygen atoms in total. The quantitative estimate of drug-likeness (QED) is 0.733. The minimum Gasteiger partial charge on any atom is -0.444 e. The Balaban J connectivity index is 2.43. The van der Waals surface area contributed by atoms with Gasteiger partial charge in [0.25, 0.3) is 0 Å². The lowest BCUT2D eigenvalue weighted by atomic mass is 10.2. The van der Waals surface area contributed by atoms with Gasteiger partial charge in [-0.25, -0.2) is 4.79 Å². The Bertz CT molecular complexity index is 288. The summed E-state index contributed by atoms with van der Waals surface area (Å²) in [7, 11) is 0. The average Bonchev–Trinajstić information content (AvgIpc) is 2.45. The Morgan fingerprint density at radius 1 is 1.35 bits per heavy atom. The summed E-state index contributed by atoms with van der Waals surface area (Å²) in [6.45, 7) is 5.59. The maximum atomic E-state index is 12.1. The number of hydrogen-bond donors (Lipinski definition) is 0. The Morgan fingerprint density at radius 3 is 2.41 bits per heavy atom. The van der Waals surface area contributed by atoms with E-state index in [-0.39, 0.29) is 18.3 Å². The summed E-state index contributed by atoms with van der Waals surface area (Å²) in [4.78, 5) is 12.9. The molecule has 1 aliphatic rings. The van der Waals surface area contributed by atoms with Gasteiger partial charge in [-0.1, -0.05) is 0 Å². The molecule has 0 N–H and O–H groups in total. The van der Waals surface area contributed by atoms with Crippen LogP contribution >= 0.6 is 11.8 Å². The number of halogens is 3. The fourth-order valence-corrected chi connectivity index (χ4v) is 2.36. The molecule has 1 saturated heterocycles. The van der Waals surface area contributed by atoms with Crippen LogP contribution in [0.15, 0.2) is 0 Å². The minimum atomic E-state index is -4.24. The van der Waals surface area contributed by atoms with Crippen molar-refractivity contribution in [2.45, 2.75) is 43.6 Å². The number of carbonyl (C=O) groups is 1. The van der Waals surface area contributed by atoms with Gasteiger partial charge in [0.2, 0.25) is 0 Å². The van der Waals surface area contributed by atoms with Crippen molar-refractivity contribution < 1.29 is 22.7 Å². The molecule has 1 aliphatic heterocycles. The second kappa shape index (κ2) is 4.96. The zero-order valence-corrected chi connectivity index (χ0v) is 10.8. The van der Waals surface area contributed by atoms with Crippen LogP contribution < -0.4 is 0 Å². The number of carbonyl (C=O) groups excluding carboxylic acids is 1. The molecule has 1 fully saturated rings. The topological polar surface area (TPSA) is 29.5 Å². The number of ether oxygens (including phenoxy) is 1. The highest BCUT2D eigenvalue weighted by atomic mass is 32.2. The van der Waals surface area contributed by atoms with Gasteiger partial charge >= 0.3 is 11.6 Å². The Kier molecular flexibility index (Phi) is 4.22. The molecule has 0 aromatic carbocycles. The van der Waals surface area contributed by atoms with Crippen LogP contribution in [0.1, 0.15) is 27.2 Å². The maximum Gasteiger partial charge on any atom is 0.442 e. The third-order valence-corrected chi connectivity index (χ3v) is 3.08. The van der Waals surface area contributed by atoms with Crippen molar-refractivity contribution in [3.8, 4) is 0 Å².